The molecule has 3 rings (SSSR count). The lowest BCUT2D eigenvalue weighted by Crippen LogP contribution is -2.34. The highest BCUT2D eigenvalue weighted by atomic mass is 16.5. The van der Waals surface area contributed by atoms with Gasteiger partial charge in [-0.05, 0) is 45.0 Å². The van der Waals surface area contributed by atoms with Gasteiger partial charge >= 0.3 is 0 Å². The number of aromatic amines is 1. The standard InChI is InChI=1S/C17H28N6O/c1-13(2)17-20-16(21-24-17)12-22(3)15-6-8-23(11-15)7-4-5-14-9-18-19-10-14/h9-10,13,15H,4-8,11-12H2,1-3H3,(H,18,19)/t15-/m1/s1. The van der Waals surface area contributed by atoms with E-state index in [0.717, 1.165) is 37.8 Å². The molecule has 0 saturated carbocycles. The first kappa shape index (κ1) is 17.1. The summed E-state index contributed by atoms with van der Waals surface area (Å²) in [7, 11) is 2.16. The van der Waals surface area contributed by atoms with Gasteiger partial charge in [0, 0.05) is 24.7 Å². The molecule has 1 aliphatic heterocycles. The fourth-order valence-electron chi connectivity index (χ4n) is 3.21. The minimum absolute atomic E-state index is 0.286. The molecule has 7 nitrogen and oxygen atoms in total. The summed E-state index contributed by atoms with van der Waals surface area (Å²) in [6.45, 7) is 8.33. The summed E-state index contributed by atoms with van der Waals surface area (Å²) in [4.78, 5) is 9.38. The minimum atomic E-state index is 0.286. The van der Waals surface area contributed by atoms with Crippen molar-refractivity contribution in [3.05, 3.63) is 29.7 Å². The number of nitrogens with zero attached hydrogens (tertiary/aromatic N) is 5. The Morgan fingerprint density at radius 1 is 1.46 bits per heavy atom. The smallest absolute Gasteiger partial charge is 0.229 e. The Morgan fingerprint density at radius 2 is 2.33 bits per heavy atom. The number of hydrogen-bond acceptors (Lipinski definition) is 6. The molecule has 0 radical (unpaired) electrons. The van der Waals surface area contributed by atoms with Gasteiger partial charge in [0.15, 0.2) is 5.82 Å². The molecule has 3 heterocycles. The van der Waals surface area contributed by atoms with Gasteiger partial charge in [0.25, 0.3) is 0 Å². The molecule has 0 aromatic carbocycles. The van der Waals surface area contributed by atoms with Crippen LogP contribution in [0.25, 0.3) is 0 Å². The van der Waals surface area contributed by atoms with Crippen molar-refractivity contribution in [1.29, 1.82) is 0 Å². The molecule has 0 aliphatic carbocycles. The molecular formula is C17H28N6O. The molecule has 0 unspecified atom stereocenters. The van der Waals surface area contributed by atoms with Crippen molar-refractivity contribution >= 4 is 0 Å². The van der Waals surface area contributed by atoms with E-state index in [1.165, 1.54) is 24.9 Å². The zero-order valence-corrected chi connectivity index (χ0v) is 14.9. The van der Waals surface area contributed by atoms with Gasteiger partial charge in [0.1, 0.15) is 0 Å². The number of aryl methyl sites for hydroxylation is 1. The molecule has 0 spiro atoms. The lowest BCUT2D eigenvalue weighted by molar-refractivity contribution is 0.217. The maximum atomic E-state index is 5.29. The van der Waals surface area contributed by atoms with Gasteiger partial charge in [0.2, 0.25) is 5.89 Å². The third-order valence-corrected chi connectivity index (χ3v) is 4.73. The number of nitrogens with one attached hydrogen (secondary N) is 1. The van der Waals surface area contributed by atoms with Crippen LogP contribution < -0.4 is 0 Å². The molecule has 24 heavy (non-hydrogen) atoms. The zero-order valence-electron chi connectivity index (χ0n) is 14.9. The topological polar surface area (TPSA) is 74.1 Å². The Hall–Kier alpha value is -1.73. The summed E-state index contributed by atoms with van der Waals surface area (Å²) in [6.07, 6.45) is 7.37. The van der Waals surface area contributed by atoms with Gasteiger partial charge in [-0.15, -0.1) is 0 Å². The van der Waals surface area contributed by atoms with E-state index < -0.39 is 0 Å². The first-order valence-electron chi connectivity index (χ1n) is 8.84. The van der Waals surface area contributed by atoms with Gasteiger partial charge in [-0.2, -0.15) is 10.1 Å². The molecule has 1 saturated heterocycles. The lowest BCUT2D eigenvalue weighted by Gasteiger charge is -2.23. The fraction of sp³-hybridized carbons (Fsp3) is 0.706. The van der Waals surface area contributed by atoms with Crippen molar-refractivity contribution in [2.75, 3.05) is 26.7 Å². The van der Waals surface area contributed by atoms with Crippen molar-refractivity contribution < 1.29 is 4.52 Å². The summed E-state index contributed by atoms with van der Waals surface area (Å²) < 4.78 is 5.29. The Bertz CT molecular complexity index is 608. The second-order valence-electron chi connectivity index (χ2n) is 7.07. The maximum Gasteiger partial charge on any atom is 0.229 e. The van der Waals surface area contributed by atoms with Crippen molar-refractivity contribution in [2.45, 2.75) is 51.6 Å². The van der Waals surface area contributed by atoms with Crippen molar-refractivity contribution in [2.24, 2.45) is 0 Å². The van der Waals surface area contributed by atoms with Crippen LogP contribution in [0.4, 0.5) is 0 Å². The highest BCUT2D eigenvalue weighted by molar-refractivity contribution is 5.02. The van der Waals surface area contributed by atoms with Gasteiger partial charge in [-0.3, -0.25) is 10.00 Å². The molecule has 1 aliphatic rings. The number of aromatic nitrogens is 4. The summed E-state index contributed by atoms with van der Waals surface area (Å²) in [5, 5.41) is 11.0. The van der Waals surface area contributed by atoms with Crippen molar-refractivity contribution in [1.82, 2.24) is 30.1 Å². The van der Waals surface area contributed by atoms with Crippen LogP contribution in [0, 0.1) is 0 Å². The Balaban J connectivity index is 1.40. The highest BCUT2D eigenvalue weighted by Gasteiger charge is 2.26. The number of rotatable bonds is 8. The van der Waals surface area contributed by atoms with Crippen molar-refractivity contribution in [3.8, 4) is 0 Å². The van der Waals surface area contributed by atoms with Crippen LogP contribution in [0.15, 0.2) is 16.9 Å². The highest BCUT2D eigenvalue weighted by Crippen LogP contribution is 2.18. The number of likely N-dealkylation sites (N-methyl/N-ethyl adjacent to an activating group) is 1. The lowest BCUT2D eigenvalue weighted by atomic mass is 10.2. The molecule has 1 fully saturated rings. The van der Waals surface area contributed by atoms with Crippen LogP contribution in [0.1, 0.15) is 49.9 Å². The molecule has 132 valence electrons. The van der Waals surface area contributed by atoms with E-state index >= 15 is 0 Å². The third kappa shape index (κ3) is 4.42. The molecule has 0 bridgehead atoms. The van der Waals surface area contributed by atoms with E-state index in [2.05, 4.69) is 51.0 Å². The van der Waals surface area contributed by atoms with Crippen LogP contribution in [-0.4, -0.2) is 62.9 Å². The van der Waals surface area contributed by atoms with E-state index in [-0.39, 0.29) is 5.92 Å². The minimum Gasteiger partial charge on any atom is -0.339 e. The van der Waals surface area contributed by atoms with Crippen LogP contribution in [-0.2, 0) is 13.0 Å². The van der Waals surface area contributed by atoms with Gasteiger partial charge in [-0.1, -0.05) is 19.0 Å². The molecule has 0 amide bonds. The molecule has 7 heteroatoms. The normalized spacial score (nSPS) is 19.0. The average Bonchev–Trinajstić information content (AvgIpc) is 3.28. The Labute approximate surface area is 143 Å². The summed E-state index contributed by atoms with van der Waals surface area (Å²) in [5.74, 6) is 1.80. The molecule has 2 aromatic heterocycles. The van der Waals surface area contributed by atoms with Crippen LogP contribution in [0.3, 0.4) is 0 Å². The summed E-state index contributed by atoms with van der Waals surface area (Å²) in [6, 6.07) is 0.569. The van der Waals surface area contributed by atoms with Gasteiger partial charge in [-0.25, -0.2) is 0 Å². The first-order valence-corrected chi connectivity index (χ1v) is 8.84. The second-order valence-corrected chi connectivity index (χ2v) is 7.07. The van der Waals surface area contributed by atoms with Crippen LogP contribution in [0.2, 0.25) is 0 Å². The Kier molecular flexibility index (Phi) is 5.63. The Morgan fingerprint density at radius 3 is 3.04 bits per heavy atom. The summed E-state index contributed by atoms with van der Waals surface area (Å²) >= 11 is 0. The molecule has 1 atom stereocenters. The van der Waals surface area contributed by atoms with E-state index in [4.69, 9.17) is 4.52 Å². The fourth-order valence-corrected chi connectivity index (χ4v) is 3.21. The number of H-pyrrole nitrogens is 1. The van der Waals surface area contributed by atoms with Crippen LogP contribution in [0.5, 0.6) is 0 Å². The largest absolute Gasteiger partial charge is 0.339 e. The van der Waals surface area contributed by atoms with E-state index in [0.29, 0.717) is 6.04 Å². The van der Waals surface area contributed by atoms with Crippen molar-refractivity contribution in [3.63, 3.8) is 0 Å². The zero-order chi connectivity index (χ0) is 16.9. The van der Waals surface area contributed by atoms with E-state index in [1.54, 1.807) is 0 Å². The van der Waals surface area contributed by atoms with E-state index in [1.807, 2.05) is 12.4 Å². The number of hydrogen-bond donors (Lipinski definition) is 1. The molecule has 1 N–H and O–H groups in total. The predicted molar refractivity (Wildman–Crippen MR) is 91.6 cm³/mol. The van der Waals surface area contributed by atoms with Crippen LogP contribution >= 0.6 is 0 Å². The monoisotopic (exact) mass is 332 g/mol. The van der Waals surface area contributed by atoms with E-state index in [9.17, 15) is 0 Å². The average molecular weight is 332 g/mol. The molecule has 2 aromatic rings. The molecular weight excluding hydrogens is 304 g/mol. The SMILES string of the molecule is CC(C)c1nc(CN(C)[C@@H]2CCN(CCCc3cn[nH]c3)C2)no1. The number of likely N-dealkylation sites (tertiary alicyclic amines) is 1. The quantitative estimate of drug-likeness (QED) is 0.797. The van der Waals surface area contributed by atoms with Gasteiger partial charge < -0.3 is 9.42 Å². The van der Waals surface area contributed by atoms with Gasteiger partial charge in [0.05, 0.1) is 12.7 Å². The maximum absolute atomic E-state index is 5.29. The second kappa shape index (κ2) is 7.90. The third-order valence-electron chi connectivity index (χ3n) is 4.73. The predicted octanol–water partition coefficient (Wildman–Crippen LogP) is 2.05. The summed E-state index contributed by atoms with van der Waals surface area (Å²) in [5.41, 5.74) is 1.29. The first-order chi connectivity index (χ1) is 11.6.